The van der Waals surface area contributed by atoms with Gasteiger partial charge in [-0.2, -0.15) is 0 Å². The second-order valence-electron chi connectivity index (χ2n) is 4.31. The molecule has 0 aromatic carbocycles. The van der Waals surface area contributed by atoms with Crippen molar-refractivity contribution in [1.82, 2.24) is 0 Å². The summed E-state index contributed by atoms with van der Waals surface area (Å²) in [5.74, 6) is 0. The Morgan fingerprint density at radius 1 is 0.812 bits per heavy atom. The van der Waals surface area contributed by atoms with Crippen LogP contribution < -0.4 is 0 Å². The lowest BCUT2D eigenvalue weighted by atomic mass is 9.84. The number of aliphatic hydroxyl groups is 4. The normalized spacial score (nSPS) is 45.0. The zero-order valence-corrected chi connectivity index (χ0v) is 9.65. The van der Waals surface area contributed by atoms with E-state index in [4.69, 9.17) is 9.47 Å². The molecule has 0 aromatic heterocycles. The summed E-state index contributed by atoms with van der Waals surface area (Å²) in [7, 11) is 1.29. The highest BCUT2D eigenvalue weighted by Gasteiger charge is 2.49. The van der Waals surface area contributed by atoms with Gasteiger partial charge in [0.2, 0.25) is 0 Å². The van der Waals surface area contributed by atoms with E-state index in [1.807, 2.05) is 0 Å². The van der Waals surface area contributed by atoms with Gasteiger partial charge in [0, 0.05) is 7.11 Å². The van der Waals surface area contributed by atoms with E-state index >= 15 is 0 Å². The fraction of sp³-hybridized carbons (Fsp3) is 1.00. The van der Waals surface area contributed by atoms with Crippen LogP contribution in [0.5, 0.6) is 0 Å². The van der Waals surface area contributed by atoms with Crippen molar-refractivity contribution in [2.75, 3.05) is 7.11 Å². The SMILES string of the molecule is COC1C(O)C(O)C(OC(C)C)C(O)C1O. The van der Waals surface area contributed by atoms with Gasteiger partial charge in [-0.3, -0.25) is 0 Å². The van der Waals surface area contributed by atoms with Crippen LogP contribution in [0.2, 0.25) is 0 Å². The molecule has 16 heavy (non-hydrogen) atoms. The first-order valence-corrected chi connectivity index (χ1v) is 5.30. The lowest BCUT2D eigenvalue weighted by Crippen LogP contribution is -2.65. The molecule has 0 heterocycles. The van der Waals surface area contributed by atoms with Crippen molar-refractivity contribution in [3.8, 4) is 0 Å². The first-order chi connectivity index (χ1) is 7.40. The van der Waals surface area contributed by atoms with Crippen molar-refractivity contribution < 1.29 is 29.9 Å². The third-order valence-corrected chi connectivity index (χ3v) is 2.75. The molecular weight excluding hydrogens is 216 g/mol. The summed E-state index contributed by atoms with van der Waals surface area (Å²) in [6.07, 6.45) is -7.41. The van der Waals surface area contributed by atoms with Crippen molar-refractivity contribution in [1.29, 1.82) is 0 Å². The fourth-order valence-electron chi connectivity index (χ4n) is 1.94. The third-order valence-electron chi connectivity index (χ3n) is 2.75. The Balaban J connectivity index is 2.80. The van der Waals surface area contributed by atoms with Crippen molar-refractivity contribution in [2.45, 2.75) is 56.6 Å². The van der Waals surface area contributed by atoms with Crippen molar-refractivity contribution >= 4 is 0 Å². The smallest absolute Gasteiger partial charge is 0.115 e. The molecular formula is C10H20O6. The summed E-state index contributed by atoms with van der Waals surface area (Å²) in [6.45, 7) is 3.47. The van der Waals surface area contributed by atoms with Gasteiger partial charge < -0.3 is 29.9 Å². The highest BCUT2D eigenvalue weighted by atomic mass is 16.5. The predicted octanol–water partition coefficient (Wildman–Crippen LogP) is -1.75. The molecule has 4 atom stereocenters. The Labute approximate surface area is 94.4 Å². The Morgan fingerprint density at radius 3 is 1.50 bits per heavy atom. The molecule has 0 aliphatic heterocycles. The number of aliphatic hydroxyl groups excluding tert-OH is 4. The molecule has 96 valence electrons. The van der Waals surface area contributed by atoms with E-state index in [0.29, 0.717) is 0 Å². The minimum absolute atomic E-state index is 0.229. The number of rotatable bonds is 3. The van der Waals surface area contributed by atoms with Crippen LogP contribution in [0.25, 0.3) is 0 Å². The average molecular weight is 236 g/mol. The molecule has 1 aliphatic carbocycles. The van der Waals surface area contributed by atoms with Crippen LogP contribution in [0, 0.1) is 0 Å². The maximum absolute atomic E-state index is 9.75. The minimum atomic E-state index is -1.29. The molecule has 0 amide bonds. The molecule has 1 fully saturated rings. The Bertz CT molecular complexity index is 205. The summed E-state index contributed by atoms with van der Waals surface area (Å²) in [4.78, 5) is 0. The number of hydrogen-bond acceptors (Lipinski definition) is 6. The van der Waals surface area contributed by atoms with Gasteiger partial charge in [-0.15, -0.1) is 0 Å². The van der Waals surface area contributed by atoms with Gasteiger partial charge in [0.1, 0.15) is 36.6 Å². The number of hydrogen-bond donors (Lipinski definition) is 4. The summed E-state index contributed by atoms with van der Waals surface area (Å²) >= 11 is 0. The van der Waals surface area contributed by atoms with Gasteiger partial charge in [-0.25, -0.2) is 0 Å². The predicted molar refractivity (Wildman–Crippen MR) is 54.8 cm³/mol. The van der Waals surface area contributed by atoms with Gasteiger partial charge in [0.25, 0.3) is 0 Å². The quantitative estimate of drug-likeness (QED) is 0.464. The van der Waals surface area contributed by atoms with Gasteiger partial charge in [-0.1, -0.05) is 0 Å². The number of methoxy groups -OCH3 is 1. The first-order valence-electron chi connectivity index (χ1n) is 5.30. The Kier molecular flexibility index (Phi) is 4.66. The van der Waals surface area contributed by atoms with E-state index in [1.165, 1.54) is 7.11 Å². The molecule has 1 aliphatic rings. The maximum Gasteiger partial charge on any atom is 0.115 e. The fourth-order valence-corrected chi connectivity index (χ4v) is 1.94. The summed E-state index contributed by atoms with van der Waals surface area (Å²) < 4.78 is 10.1. The molecule has 1 rings (SSSR count). The van der Waals surface area contributed by atoms with E-state index in [0.717, 1.165) is 0 Å². The van der Waals surface area contributed by atoms with Crippen molar-refractivity contribution in [3.63, 3.8) is 0 Å². The number of ether oxygens (including phenoxy) is 2. The highest BCUT2D eigenvalue weighted by molar-refractivity contribution is 5.00. The Morgan fingerprint density at radius 2 is 1.19 bits per heavy atom. The molecule has 1 saturated carbocycles. The van der Waals surface area contributed by atoms with E-state index in [1.54, 1.807) is 13.8 Å². The van der Waals surface area contributed by atoms with Crippen molar-refractivity contribution in [2.24, 2.45) is 0 Å². The molecule has 0 aromatic rings. The first kappa shape index (κ1) is 13.8. The van der Waals surface area contributed by atoms with E-state index in [2.05, 4.69) is 0 Å². The standard InChI is InChI=1S/C10H20O6/c1-4(2)16-10-7(13)5(11)9(15-3)6(12)8(10)14/h4-14H,1-3H3. The summed E-state index contributed by atoms with van der Waals surface area (Å²) in [5, 5.41) is 38.9. The topological polar surface area (TPSA) is 99.4 Å². The van der Waals surface area contributed by atoms with Crippen LogP contribution >= 0.6 is 0 Å². The van der Waals surface area contributed by atoms with Gasteiger partial charge in [0.05, 0.1) is 6.10 Å². The van der Waals surface area contributed by atoms with Crippen LogP contribution in [0.15, 0.2) is 0 Å². The third kappa shape index (κ3) is 2.53. The van der Waals surface area contributed by atoms with E-state index < -0.39 is 36.6 Å². The molecule has 4 N–H and O–H groups in total. The lowest BCUT2D eigenvalue weighted by Gasteiger charge is -2.43. The molecule has 4 unspecified atom stereocenters. The molecule has 0 spiro atoms. The average Bonchev–Trinajstić information content (AvgIpc) is 2.22. The zero-order valence-electron chi connectivity index (χ0n) is 9.65. The second-order valence-corrected chi connectivity index (χ2v) is 4.31. The second kappa shape index (κ2) is 5.39. The van der Waals surface area contributed by atoms with Crippen LogP contribution in [-0.4, -0.2) is 70.3 Å². The zero-order chi connectivity index (χ0) is 12.5. The molecule has 0 bridgehead atoms. The molecule has 0 saturated heterocycles. The van der Waals surface area contributed by atoms with Crippen LogP contribution in [0.3, 0.4) is 0 Å². The molecule has 6 heteroatoms. The van der Waals surface area contributed by atoms with Crippen LogP contribution in [0.4, 0.5) is 0 Å². The minimum Gasteiger partial charge on any atom is -0.387 e. The molecule has 0 radical (unpaired) electrons. The van der Waals surface area contributed by atoms with Crippen LogP contribution in [0.1, 0.15) is 13.8 Å². The summed E-state index contributed by atoms with van der Waals surface area (Å²) in [5.41, 5.74) is 0. The van der Waals surface area contributed by atoms with E-state index in [9.17, 15) is 20.4 Å². The van der Waals surface area contributed by atoms with Gasteiger partial charge in [-0.05, 0) is 13.8 Å². The van der Waals surface area contributed by atoms with Crippen LogP contribution in [-0.2, 0) is 9.47 Å². The maximum atomic E-state index is 9.75. The van der Waals surface area contributed by atoms with Gasteiger partial charge in [0.15, 0.2) is 0 Å². The molecule has 6 nitrogen and oxygen atoms in total. The monoisotopic (exact) mass is 236 g/mol. The highest BCUT2D eigenvalue weighted by Crippen LogP contribution is 2.26. The lowest BCUT2D eigenvalue weighted by molar-refractivity contribution is -0.247. The summed E-state index contributed by atoms with van der Waals surface area (Å²) in [6, 6.07) is 0. The largest absolute Gasteiger partial charge is 0.387 e. The van der Waals surface area contributed by atoms with Gasteiger partial charge >= 0.3 is 0 Å². The van der Waals surface area contributed by atoms with E-state index in [-0.39, 0.29) is 6.10 Å². The Hall–Kier alpha value is -0.240. The van der Waals surface area contributed by atoms with Crippen molar-refractivity contribution in [3.05, 3.63) is 0 Å².